The third kappa shape index (κ3) is 3.14. The zero-order valence-electron chi connectivity index (χ0n) is 12.6. The summed E-state index contributed by atoms with van der Waals surface area (Å²) < 4.78 is 40.3. The molecule has 1 fully saturated rings. The summed E-state index contributed by atoms with van der Waals surface area (Å²) in [4.78, 5) is 12.7. The summed E-state index contributed by atoms with van der Waals surface area (Å²) in [6, 6.07) is 7.55. The number of halogens is 1. The van der Waals surface area contributed by atoms with E-state index in [-0.39, 0.29) is 28.7 Å². The Hall–Kier alpha value is -1.97. The molecular formula is C15H15FN2O4S2. The van der Waals surface area contributed by atoms with Crippen LogP contribution in [0.25, 0.3) is 0 Å². The van der Waals surface area contributed by atoms with Crippen molar-refractivity contribution >= 4 is 33.0 Å². The predicted octanol–water partition coefficient (Wildman–Crippen LogP) is 2.10. The van der Waals surface area contributed by atoms with E-state index in [0.29, 0.717) is 18.8 Å². The van der Waals surface area contributed by atoms with E-state index in [4.69, 9.17) is 5.11 Å². The van der Waals surface area contributed by atoms with Crippen molar-refractivity contribution in [3.63, 3.8) is 0 Å². The number of aromatic carboxylic acids is 1. The topological polar surface area (TPSA) is 77.9 Å². The highest BCUT2D eigenvalue weighted by Gasteiger charge is 2.30. The normalized spacial score (nSPS) is 16.3. The number of hydrogen-bond donors (Lipinski definition) is 1. The van der Waals surface area contributed by atoms with Gasteiger partial charge in [-0.1, -0.05) is 12.1 Å². The third-order valence-electron chi connectivity index (χ3n) is 3.85. The van der Waals surface area contributed by atoms with E-state index in [1.165, 1.54) is 21.8 Å². The van der Waals surface area contributed by atoms with Gasteiger partial charge in [0.25, 0.3) is 10.0 Å². The minimum atomic E-state index is -3.72. The van der Waals surface area contributed by atoms with Crippen LogP contribution >= 0.6 is 11.3 Å². The molecule has 2 aromatic rings. The average molecular weight is 370 g/mol. The number of rotatable bonds is 4. The highest BCUT2D eigenvalue weighted by molar-refractivity contribution is 7.91. The van der Waals surface area contributed by atoms with Gasteiger partial charge in [-0.3, -0.25) is 0 Å². The quantitative estimate of drug-likeness (QED) is 0.892. The summed E-state index contributed by atoms with van der Waals surface area (Å²) in [5, 5.41) is 10.2. The minimum absolute atomic E-state index is 0.0132. The highest BCUT2D eigenvalue weighted by atomic mass is 32.2. The van der Waals surface area contributed by atoms with Gasteiger partial charge in [0.1, 0.15) is 10.0 Å². The lowest BCUT2D eigenvalue weighted by molar-refractivity contribution is 0.0697. The molecule has 1 aromatic heterocycles. The van der Waals surface area contributed by atoms with Gasteiger partial charge in [0, 0.05) is 31.6 Å². The van der Waals surface area contributed by atoms with E-state index in [1.807, 2.05) is 0 Å². The Labute approximate surface area is 142 Å². The fourth-order valence-electron chi connectivity index (χ4n) is 2.57. The molecule has 1 aromatic carbocycles. The maximum absolute atomic E-state index is 13.8. The largest absolute Gasteiger partial charge is 0.478 e. The molecule has 2 heterocycles. The molecule has 24 heavy (non-hydrogen) atoms. The second-order valence-corrected chi connectivity index (χ2v) is 8.38. The van der Waals surface area contributed by atoms with Gasteiger partial charge in [-0.15, -0.1) is 11.3 Å². The second kappa shape index (κ2) is 6.50. The summed E-state index contributed by atoms with van der Waals surface area (Å²) >= 11 is 0.894. The number of thiophene rings is 1. The number of carbonyl (C=O) groups is 1. The number of para-hydroxylation sites is 1. The summed E-state index contributed by atoms with van der Waals surface area (Å²) in [5.74, 6) is -1.49. The van der Waals surface area contributed by atoms with Crippen LogP contribution in [0, 0.1) is 5.82 Å². The molecule has 9 heteroatoms. The fraction of sp³-hybridized carbons (Fsp3) is 0.267. The molecule has 6 nitrogen and oxygen atoms in total. The van der Waals surface area contributed by atoms with Crippen LogP contribution in [0.5, 0.6) is 0 Å². The molecule has 0 saturated carbocycles. The van der Waals surface area contributed by atoms with Crippen LogP contribution in [0.1, 0.15) is 10.4 Å². The molecule has 1 aliphatic rings. The molecule has 0 amide bonds. The van der Waals surface area contributed by atoms with Gasteiger partial charge in [-0.2, -0.15) is 4.31 Å². The third-order valence-corrected chi connectivity index (χ3v) is 7.16. The number of sulfonamides is 1. The van der Waals surface area contributed by atoms with E-state index in [1.54, 1.807) is 23.1 Å². The molecule has 1 saturated heterocycles. The van der Waals surface area contributed by atoms with Crippen LogP contribution < -0.4 is 4.90 Å². The maximum atomic E-state index is 13.8. The molecule has 0 radical (unpaired) electrons. The molecule has 0 aliphatic carbocycles. The van der Waals surface area contributed by atoms with Crippen molar-refractivity contribution in [1.82, 2.24) is 4.31 Å². The summed E-state index contributed by atoms with van der Waals surface area (Å²) in [7, 11) is -3.72. The molecule has 0 unspecified atom stereocenters. The van der Waals surface area contributed by atoms with Crippen LogP contribution in [0.4, 0.5) is 10.1 Å². The number of piperazine rings is 1. The maximum Gasteiger partial charge on any atom is 0.336 e. The number of hydrogen-bond acceptors (Lipinski definition) is 5. The highest BCUT2D eigenvalue weighted by Crippen LogP contribution is 2.26. The smallest absolute Gasteiger partial charge is 0.336 e. The monoisotopic (exact) mass is 370 g/mol. The van der Waals surface area contributed by atoms with Gasteiger partial charge in [0.2, 0.25) is 0 Å². The first kappa shape index (κ1) is 16.9. The van der Waals surface area contributed by atoms with Crippen LogP contribution in [-0.2, 0) is 10.0 Å². The summed E-state index contributed by atoms with van der Waals surface area (Å²) in [6.45, 7) is 1.18. The Kier molecular flexibility index (Phi) is 4.57. The first-order chi connectivity index (χ1) is 11.4. The number of benzene rings is 1. The minimum Gasteiger partial charge on any atom is -0.478 e. The molecule has 0 atom stereocenters. The zero-order chi connectivity index (χ0) is 17.3. The van der Waals surface area contributed by atoms with Crippen molar-refractivity contribution in [2.45, 2.75) is 4.21 Å². The Morgan fingerprint density at radius 1 is 1.17 bits per heavy atom. The number of nitrogens with zero attached hydrogens (tertiary/aromatic N) is 2. The van der Waals surface area contributed by atoms with Crippen LogP contribution in [0.3, 0.4) is 0 Å². The van der Waals surface area contributed by atoms with Crippen molar-refractivity contribution in [3.05, 3.63) is 47.1 Å². The SMILES string of the molecule is O=C(O)c1csc(S(=O)(=O)N2CCN(c3ccccc3F)CC2)c1. The van der Waals surface area contributed by atoms with E-state index >= 15 is 0 Å². The first-order valence-electron chi connectivity index (χ1n) is 7.21. The van der Waals surface area contributed by atoms with Crippen molar-refractivity contribution in [2.24, 2.45) is 0 Å². The van der Waals surface area contributed by atoms with Crippen LogP contribution in [0.15, 0.2) is 39.9 Å². The predicted molar refractivity (Wildman–Crippen MR) is 88.7 cm³/mol. The lowest BCUT2D eigenvalue weighted by Gasteiger charge is -2.35. The molecule has 0 bridgehead atoms. The molecule has 0 spiro atoms. The van der Waals surface area contributed by atoms with Gasteiger partial charge in [-0.25, -0.2) is 17.6 Å². The van der Waals surface area contributed by atoms with E-state index < -0.39 is 16.0 Å². The Balaban J connectivity index is 1.73. The van der Waals surface area contributed by atoms with Gasteiger partial charge >= 0.3 is 5.97 Å². The first-order valence-corrected chi connectivity index (χ1v) is 9.53. The summed E-state index contributed by atoms with van der Waals surface area (Å²) in [6.07, 6.45) is 0. The lowest BCUT2D eigenvalue weighted by Crippen LogP contribution is -2.48. The zero-order valence-corrected chi connectivity index (χ0v) is 14.2. The Morgan fingerprint density at radius 3 is 2.42 bits per heavy atom. The molecular weight excluding hydrogens is 355 g/mol. The van der Waals surface area contributed by atoms with Gasteiger partial charge in [0.05, 0.1) is 11.3 Å². The standard InChI is InChI=1S/C15H15FN2O4S2/c16-12-3-1-2-4-13(12)17-5-7-18(8-6-17)24(21,22)14-9-11(10-23-14)15(19)20/h1-4,9-10H,5-8H2,(H,19,20). The van der Waals surface area contributed by atoms with Crippen LogP contribution in [-0.4, -0.2) is 50.0 Å². The van der Waals surface area contributed by atoms with E-state index in [2.05, 4.69) is 0 Å². The van der Waals surface area contributed by atoms with Gasteiger partial charge in [-0.05, 0) is 18.2 Å². The molecule has 128 valence electrons. The fourth-order valence-corrected chi connectivity index (χ4v) is 5.30. The second-order valence-electron chi connectivity index (χ2n) is 5.30. The van der Waals surface area contributed by atoms with Crippen LogP contribution in [0.2, 0.25) is 0 Å². The van der Waals surface area contributed by atoms with E-state index in [9.17, 15) is 17.6 Å². The van der Waals surface area contributed by atoms with E-state index in [0.717, 1.165) is 11.3 Å². The van der Waals surface area contributed by atoms with Crippen molar-refractivity contribution in [1.29, 1.82) is 0 Å². The molecule has 1 N–H and O–H groups in total. The molecule has 3 rings (SSSR count). The summed E-state index contributed by atoms with van der Waals surface area (Å²) in [5.41, 5.74) is 0.419. The number of anilines is 1. The Bertz CT molecular complexity index is 858. The number of carboxylic acid groups (broad SMARTS) is 1. The van der Waals surface area contributed by atoms with Crippen molar-refractivity contribution in [2.75, 3.05) is 31.1 Å². The van der Waals surface area contributed by atoms with Crippen molar-refractivity contribution < 1.29 is 22.7 Å². The van der Waals surface area contributed by atoms with Crippen molar-refractivity contribution in [3.8, 4) is 0 Å². The molecule has 1 aliphatic heterocycles. The van der Waals surface area contributed by atoms with Gasteiger partial charge < -0.3 is 10.0 Å². The Morgan fingerprint density at radius 2 is 1.83 bits per heavy atom. The van der Waals surface area contributed by atoms with Gasteiger partial charge in [0.15, 0.2) is 0 Å². The number of carboxylic acids is 1. The average Bonchev–Trinajstić information content (AvgIpc) is 3.06. The lowest BCUT2D eigenvalue weighted by atomic mass is 10.2.